The molecule has 2 unspecified atom stereocenters. The van der Waals surface area contributed by atoms with Crippen LogP contribution in [0, 0.1) is 0 Å². The third-order valence-corrected chi connectivity index (χ3v) is 16.9. The smallest absolute Gasteiger partial charge is 0.462 e. The number of carbonyl (C=O) groups excluding carboxylic acids is 2. The second-order valence-corrected chi connectivity index (χ2v) is 27.7. The summed E-state index contributed by atoms with van der Waals surface area (Å²) < 4.78 is 34.7. The van der Waals surface area contributed by atoms with Gasteiger partial charge in [0.05, 0.1) is 27.7 Å². The van der Waals surface area contributed by atoms with E-state index in [0.29, 0.717) is 17.4 Å². The molecule has 2 atom stereocenters. The molecule has 0 fully saturated rings. The van der Waals surface area contributed by atoms with Gasteiger partial charge in [-0.2, -0.15) is 0 Å². The van der Waals surface area contributed by atoms with Crippen molar-refractivity contribution in [1.29, 1.82) is 0 Å². The minimum Gasteiger partial charge on any atom is -0.462 e. The highest BCUT2D eigenvalue weighted by molar-refractivity contribution is 7.47. The van der Waals surface area contributed by atoms with Gasteiger partial charge < -0.3 is 18.9 Å². The number of hydrogen-bond donors (Lipinski definition) is 1. The van der Waals surface area contributed by atoms with Crippen LogP contribution < -0.4 is 0 Å². The Labute approximate surface area is 591 Å². The van der Waals surface area contributed by atoms with Crippen molar-refractivity contribution in [3.8, 4) is 0 Å². The van der Waals surface area contributed by atoms with Gasteiger partial charge in [-0.3, -0.25) is 18.6 Å². The third kappa shape index (κ3) is 78.1. The Kier molecular flexibility index (Phi) is 70.5. The molecule has 0 aliphatic heterocycles. The van der Waals surface area contributed by atoms with E-state index in [2.05, 4.69) is 196 Å². The second kappa shape index (κ2) is 74.3. The Hall–Kier alpha value is -4.89. The van der Waals surface area contributed by atoms with Crippen LogP contribution in [0.4, 0.5) is 0 Å². The molecule has 544 valence electrons. The Morgan fingerprint density at radius 3 is 0.844 bits per heavy atom. The number of phosphoric acid groups is 1. The van der Waals surface area contributed by atoms with Crippen molar-refractivity contribution < 1.29 is 42.1 Å². The Morgan fingerprint density at radius 2 is 0.562 bits per heavy atom. The number of esters is 2. The Morgan fingerprint density at radius 1 is 0.323 bits per heavy atom. The van der Waals surface area contributed by atoms with Crippen molar-refractivity contribution in [1.82, 2.24) is 0 Å². The standard InChI is InChI=1S/C86H142NO8P/c1-6-8-10-12-14-16-18-20-22-24-26-28-30-32-34-36-38-40-42-43-45-47-49-51-53-55-57-59-61-63-65-67-69-71-73-75-77-79-86(89)95-84(83-94-96(90,91)93-81-80-87(3,4)5)82-92-85(88)78-76-74-72-70-68-66-64-62-60-58-56-54-52-50-48-46-44-41-39-37-35-33-31-29-27-25-23-21-19-17-15-13-11-9-7-2/h8-11,14-17,20-23,26-29,32,34,38,40,43,45,49,51,55,57,61,63,67,69,84H,6-7,12-13,18-19,24-25,30-31,33,35-37,39,41-42,44,46-48,50,52-54,56,58-60,62,64-66,68,70-83H2,1-5H3/p+1/b10-8-,11-9-,16-14-,17-15-,22-20-,23-21-,28-26-,29-27-,34-32-,40-38-,45-43-,51-49-,57-55-,63-61-,69-67-. The first kappa shape index (κ1) is 91.1. The minimum absolute atomic E-state index is 0.0169. The molecule has 9 nitrogen and oxygen atoms in total. The summed E-state index contributed by atoms with van der Waals surface area (Å²) >= 11 is 0. The lowest BCUT2D eigenvalue weighted by molar-refractivity contribution is -0.870. The predicted octanol–water partition coefficient (Wildman–Crippen LogP) is 25.8. The van der Waals surface area contributed by atoms with Crippen molar-refractivity contribution in [2.75, 3.05) is 47.5 Å². The monoisotopic (exact) mass is 1350 g/mol. The number of quaternary nitrogens is 1. The summed E-state index contributed by atoms with van der Waals surface area (Å²) in [6, 6.07) is 0. The van der Waals surface area contributed by atoms with Crippen molar-refractivity contribution in [2.45, 2.75) is 302 Å². The maximum atomic E-state index is 12.9. The maximum absolute atomic E-state index is 12.9. The van der Waals surface area contributed by atoms with Crippen LogP contribution >= 0.6 is 7.82 Å². The second-order valence-electron chi connectivity index (χ2n) is 26.3. The molecule has 0 radical (unpaired) electrons. The molecule has 0 saturated carbocycles. The van der Waals surface area contributed by atoms with Crippen LogP contribution in [0.15, 0.2) is 182 Å². The van der Waals surface area contributed by atoms with Gasteiger partial charge in [-0.05, 0) is 135 Å². The predicted molar refractivity (Wildman–Crippen MR) is 417 cm³/mol. The number of ether oxygens (including phenoxy) is 2. The highest BCUT2D eigenvalue weighted by Gasteiger charge is 2.27. The molecule has 0 aromatic carbocycles. The molecule has 96 heavy (non-hydrogen) atoms. The van der Waals surface area contributed by atoms with Crippen molar-refractivity contribution in [3.63, 3.8) is 0 Å². The van der Waals surface area contributed by atoms with Gasteiger partial charge in [-0.25, -0.2) is 4.57 Å². The van der Waals surface area contributed by atoms with E-state index in [0.717, 1.165) is 135 Å². The van der Waals surface area contributed by atoms with Gasteiger partial charge in [-0.15, -0.1) is 0 Å². The van der Waals surface area contributed by atoms with E-state index < -0.39 is 26.5 Å². The van der Waals surface area contributed by atoms with E-state index in [4.69, 9.17) is 18.5 Å². The van der Waals surface area contributed by atoms with Crippen LogP contribution in [0.3, 0.4) is 0 Å². The number of carbonyl (C=O) groups is 2. The van der Waals surface area contributed by atoms with Crippen LogP contribution in [0.2, 0.25) is 0 Å². The van der Waals surface area contributed by atoms with E-state index in [-0.39, 0.29) is 32.0 Å². The number of rotatable bonds is 69. The number of phosphoric ester groups is 1. The molecule has 10 heteroatoms. The van der Waals surface area contributed by atoms with Crippen molar-refractivity contribution in [3.05, 3.63) is 182 Å². The molecule has 0 saturated heterocycles. The minimum atomic E-state index is -4.42. The largest absolute Gasteiger partial charge is 0.472 e. The Bertz CT molecular complexity index is 2280. The Balaban J connectivity index is 4.11. The molecule has 0 heterocycles. The molecular formula is C86H143NO8P+. The van der Waals surface area contributed by atoms with Gasteiger partial charge >= 0.3 is 19.8 Å². The third-order valence-electron chi connectivity index (χ3n) is 15.9. The van der Waals surface area contributed by atoms with Gasteiger partial charge in [0.25, 0.3) is 0 Å². The number of allylic oxidation sites excluding steroid dienone is 30. The topological polar surface area (TPSA) is 108 Å². The zero-order valence-corrected chi connectivity index (χ0v) is 62.9. The average molecular weight is 1350 g/mol. The van der Waals surface area contributed by atoms with Crippen molar-refractivity contribution in [2.24, 2.45) is 0 Å². The molecule has 0 aliphatic carbocycles. The summed E-state index contributed by atoms with van der Waals surface area (Å²) in [5.41, 5.74) is 0. The van der Waals surface area contributed by atoms with Gasteiger partial charge in [0, 0.05) is 12.8 Å². The van der Waals surface area contributed by atoms with Crippen LogP contribution in [-0.4, -0.2) is 74.9 Å². The molecular weight excluding hydrogens is 1210 g/mol. The van der Waals surface area contributed by atoms with Crippen LogP contribution in [-0.2, 0) is 32.7 Å². The van der Waals surface area contributed by atoms with Gasteiger partial charge in [0.15, 0.2) is 6.10 Å². The van der Waals surface area contributed by atoms with Crippen LogP contribution in [0.1, 0.15) is 296 Å². The first-order chi connectivity index (χ1) is 47.0. The van der Waals surface area contributed by atoms with E-state index in [9.17, 15) is 19.0 Å². The van der Waals surface area contributed by atoms with Crippen LogP contribution in [0.25, 0.3) is 0 Å². The zero-order valence-electron chi connectivity index (χ0n) is 62.0. The summed E-state index contributed by atoms with van der Waals surface area (Å²) in [5.74, 6) is -0.839. The first-order valence-corrected chi connectivity index (χ1v) is 40.0. The van der Waals surface area contributed by atoms with Gasteiger partial charge in [-0.1, -0.05) is 331 Å². The lowest BCUT2D eigenvalue weighted by atomic mass is 10.0. The average Bonchev–Trinajstić information content (AvgIpc) is 2.72. The molecule has 0 aromatic heterocycles. The number of likely N-dealkylation sites (N-methyl/N-ethyl adjacent to an activating group) is 1. The molecule has 0 aromatic rings. The number of unbranched alkanes of at least 4 members (excludes halogenated alkanes) is 25. The highest BCUT2D eigenvalue weighted by atomic mass is 31.2. The normalized spacial score (nSPS) is 14.1. The fraction of sp³-hybridized carbons (Fsp3) is 0.628. The molecule has 0 spiro atoms. The number of hydrogen-bond acceptors (Lipinski definition) is 7. The summed E-state index contributed by atoms with van der Waals surface area (Å²) in [6.45, 7) is 4.17. The molecule has 0 amide bonds. The highest BCUT2D eigenvalue weighted by Crippen LogP contribution is 2.43. The molecule has 0 bridgehead atoms. The van der Waals surface area contributed by atoms with E-state index >= 15 is 0 Å². The quantitative estimate of drug-likeness (QED) is 0.0211. The van der Waals surface area contributed by atoms with E-state index in [1.165, 1.54) is 128 Å². The van der Waals surface area contributed by atoms with Crippen molar-refractivity contribution >= 4 is 19.8 Å². The van der Waals surface area contributed by atoms with Gasteiger partial charge in [0.1, 0.15) is 19.8 Å². The lowest BCUT2D eigenvalue weighted by Gasteiger charge is -2.24. The first-order valence-electron chi connectivity index (χ1n) is 38.5. The summed E-state index contributed by atoms with van der Waals surface area (Å²) in [4.78, 5) is 35.9. The molecule has 1 N–H and O–H groups in total. The lowest BCUT2D eigenvalue weighted by Crippen LogP contribution is -2.37. The summed E-state index contributed by atoms with van der Waals surface area (Å²) in [5, 5.41) is 0. The zero-order chi connectivity index (χ0) is 69.7. The SMILES string of the molecule is CC/C=C\C/C=C\C/C=C\C/C=C\C/C=C\C/C=C\C/C=C\C/C=C\C/C=C\C/C=C\C/C=C\CCCCCC(=O)OC(COC(=O)CCCCCCCCCCCCCCCCCCCCCCCC/C=C\C/C=C\C/C=C\C/C=C\CC)COP(=O)(O)OCC[N+](C)(C)C. The summed E-state index contributed by atoms with van der Waals surface area (Å²) in [7, 11) is 1.44. The van der Waals surface area contributed by atoms with E-state index in [1.54, 1.807) is 0 Å². The summed E-state index contributed by atoms with van der Waals surface area (Å²) in [6.07, 6.45) is 115. The van der Waals surface area contributed by atoms with E-state index in [1.807, 2.05) is 21.1 Å². The van der Waals surface area contributed by atoms with Crippen LogP contribution in [0.5, 0.6) is 0 Å². The maximum Gasteiger partial charge on any atom is 0.472 e. The number of nitrogens with zero attached hydrogens (tertiary/aromatic N) is 1. The molecule has 0 aliphatic rings. The fourth-order valence-electron chi connectivity index (χ4n) is 10.1. The van der Waals surface area contributed by atoms with Gasteiger partial charge in [0.2, 0.25) is 0 Å². The fourth-order valence-corrected chi connectivity index (χ4v) is 10.9. The molecule has 0 rings (SSSR count).